The number of carbonyl (C=O) groups is 2. The SMILES string of the molecule is Cc1c(OC(=O)CCC(=O)OCCO)cc2c(c1C)O[C@](C)(CCCC(C)CCCC(C)CCCC(C)C)CC2. The predicted octanol–water partition coefficient (Wildman–Crippen LogP) is 8.05. The number of aliphatic hydroxyl groups excluding tert-OH is 1. The van der Waals surface area contributed by atoms with E-state index in [9.17, 15) is 9.59 Å². The first-order valence-corrected chi connectivity index (χ1v) is 15.7. The van der Waals surface area contributed by atoms with Crippen molar-refractivity contribution in [3.05, 3.63) is 22.8 Å². The van der Waals surface area contributed by atoms with Crippen molar-refractivity contribution >= 4 is 11.9 Å². The van der Waals surface area contributed by atoms with Crippen LogP contribution in [-0.4, -0.2) is 35.9 Å². The number of aryl methyl sites for hydroxylation is 1. The van der Waals surface area contributed by atoms with Crippen LogP contribution in [0.1, 0.15) is 128 Å². The van der Waals surface area contributed by atoms with Gasteiger partial charge in [-0.3, -0.25) is 9.59 Å². The van der Waals surface area contributed by atoms with Gasteiger partial charge in [-0.2, -0.15) is 0 Å². The molecule has 1 N–H and O–H groups in total. The molecule has 1 aromatic carbocycles. The van der Waals surface area contributed by atoms with E-state index in [1.165, 1.54) is 51.4 Å². The van der Waals surface area contributed by atoms with Crippen LogP contribution in [0, 0.1) is 31.6 Å². The number of hydrogen-bond acceptors (Lipinski definition) is 6. The van der Waals surface area contributed by atoms with Gasteiger partial charge in [-0.15, -0.1) is 0 Å². The van der Waals surface area contributed by atoms with Crippen LogP contribution in [0.25, 0.3) is 0 Å². The Labute approximate surface area is 243 Å². The average Bonchev–Trinajstić information content (AvgIpc) is 2.89. The Kier molecular flexibility index (Phi) is 14.5. The molecule has 0 saturated carbocycles. The molecule has 2 unspecified atom stereocenters. The van der Waals surface area contributed by atoms with Crippen molar-refractivity contribution in [1.29, 1.82) is 0 Å². The number of rotatable bonds is 18. The molecule has 2 rings (SSSR count). The summed E-state index contributed by atoms with van der Waals surface area (Å²) < 4.78 is 17.0. The van der Waals surface area contributed by atoms with E-state index in [1.54, 1.807) is 0 Å². The van der Waals surface area contributed by atoms with Gasteiger partial charge in [-0.25, -0.2) is 0 Å². The molecule has 40 heavy (non-hydrogen) atoms. The van der Waals surface area contributed by atoms with Crippen molar-refractivity contribution in [2.24, 2.45) is 17.8 Å². The summed E-state index contributed by atoms with van der Waals surface area (Å²) in [6.45, 7) is 15.3. The standard InChI is InChI=1S/C34H56O6/c1-24(2)11-8-12-25(3)13-9-14-26(4)15-10-19-34(7)20-18-29-23-30(27(5)28(6)33(29)40-34)39-32(37)17-16-31(36)38-22-21-35/h23-26,35H,8-22H2,1-7H3/t25?,26?,34-/m1/s1. The lowest BCUT2D eigenvalue weighted by atomic mass is 9.85. The molecule has 1 heterocycles. The Bertz CT molecular complexity index is 939. The molecule has 1 aromatic rings. The zero-order valence-corrected chi connectivity index (χ0v) is 26.4. The Balaban J connectivity index is 1.80. The summed E-state index contributed by atoms with van der Waals surface area (Å²) in [6, 6.07) is 1.92. The molecule has 0 spiro atoms. The fourth-order valence-electron chi connectivity index (χ4n) is 5.65. The maximum Gasteiger partial charge on any atom is 0.311 e. The summed E-state index contributed by atoms with van der Waals surface area (Å²) in [6.07, 6.45) is 13.3. The second kappa shape index (κ2) is 17.0. The molecule has 0 radical (unpaired) electrons. The van der Waals surface area contributed by atoms with Gasteiger partial charge in [0.2, 0.25) is 0 Å². The molecule has 0 saturated heterocycles. The van der Waals surface area contributed by atoms with Crippen molar-refractivity contribution in [2.45, 2.75) is 138 Å². The Morgan fingerprint density at radius 3 is 2.15 bits per heavy atom. The zero-order valence-electron chi connectivity index (χ0n) is 26.4. The van der Waals surface area contributed by atoms with Crippen LogP contribution in [-0.2, 0) is 20.7 Å². The molecular weight excluding hydrogens is 504 g/mol. The van der Waals surface area contributed by atoms with Gasteiger partial charge >= 0.3 is 11.9 Å². The zero-order chi connectivity index (χ0) is 29.7. The van der Waals surface area contributed by atoms with Gasteiger partial charge in [0.25, 0.3) is 0 Å². The molecule has 3 atom stereocenters. The quantitative estimate of drug-likeness (QED) is 0.144. The van der Waals surface area contributed by atoms with Gasteiger partial charge in [-0.05, 0) is 87.0 Å². The second-order valence-electron chi connectivity index (χ2n) is 12.9. The lowest BCUT2D eigenvalue weighted by Gasteiger charge is -2.37. The maximum atomic E-state index is 12.4. The number of esters is 2. The number of ether oxygens (including phenoxy) is 3. The minimum Gasteiger partial charge on any atom is -0.487 e. The molecule has 6 heteroatoms. The van der Waals surface area contributed by atoms with Crippen LogP contribution >= 0.6 is 0 Å². The van der Waals surface area contributed by atoms with Gasteiger partial charge in [0.1, 0.15) is 23.7 Å². The lowest BCUT2D eigenvalue weighted by molar-refractivity contribution is -0.147. The largest absolute Gasteiger partial charge is 0.487 e. The van der Waals surface area contributed by atoms with E-state index in [4.69, 9.17) is 19.3 Å². The van der Waals surface area contributed by atoms with Gasteiger partial charge in [0.05, 0.1) is 19.4 Å². The second-order valence-corrected chi connectivity index (χ2v) is 12.9. The molecular formula is C34H56O6. The summed E-state index contributed by atoms with van der Waals surface area (Å²) in [4.78, 5) is 24.0. The number of fused-ring (bicyclic) bond motifs is 1. The van der Waals surface area contributed by atoms with Crippen LogP contribution in [0.15, 0.2) is 6.07 Å². The fourth-order valence-corrected chi connectivity index (χ4v) is 5.65. The highest BCUT2D eigenvalue weighted by Gasteiger charge is 2.33. The van der Waals surface area contributed by atoms with Crippen molar-refractivity contribution in [3.63, 3.8) is 0 Å². The van der Waals surface area contributed by atoms with Crippen molar-refractivity contribution in [2.75, 3.05) is 13.2 Å². The van der Waals surface area contributed by atoms with Crippen molar-refractivity contribution < 1.29 is 28.9 Å². The van der Waals surface area contributed by atoms with E-state index < -0.39 is 11.9 Å². The number of carbonyl (C=O) groups excluding carboxylic acids is 2. The number of hydrogen-bond donors (Lipinski definition) is 1. The minimum atomic E-state index is -0.520. The summed E-state index contributed by atoms with van der Waals surface area (Å²) in [7, 11) is 0. The summed E-state index contributed by atoms with van der Waals surface area (Å²) in [5.74, 6) is 2.88. The Morgan fingerprint density at radius 2 is 1.52 bits per heavy atom. The van der Waals surface area contributed by atoms with Crippen LogP contribution < -0.4 is 9.47 Å². The first-order valence-electron chi connectivity index (χ1n) is 15.7. The van der Waals surface area contributed by atoms with E-state index >= 15 is 0 Å². The average molecular weight is 561 g/mol. The third-order valence-electron chi connectivity index (χ3n) is 8.53. The van der Waals surface area contributed by atoms with E-state index in [1.807, 2.05) is 19.9 Å². The predicted molar refractivity (Wildman–Crippen MR) is 161 cm³/mol. The Hall–Kier alpha value is -2.08. The van der Waals surface area contributed by atoms with Crippen LogP contribution in [0.3, 0.4) is 0 Å². The molecule has 0 aliphatic carbocycles. The molecule has 0 fully saturated rings. The third-order valence-corrected chi connectivity index (χ3v) is 8.53. The summed E-state index contributed by atoms with van der Waals surface area (Å²) in [5, 5.41) is 8.73. The number of aliphatic hydroxyl groups is 1. The highest BCUT2D eigenvalue weighted by Crippen LogP contribution is 2.42. The fraction of sp³-hybridized carbons (Fsp3) is 0.765. The van der Waals surface area contributed by atoms with Crippen LogP contribution in [0.5, 0.6) is 11.5 Å². The highest BCUT2D eigenvalue weighted by atomic mass is 16.5. The topological polar surface area (TPSA) is 82.1 Å². The van der Waals surface area contributed by atoms with Gasteiger partial charge in [0.15, 0.2) is 0 Å². The van der Waals surface area contributed by atoms with Crippen LogP contribution in [0.2, 0.25) is 0 Å². The lowest BCUT2D eigenvalue weighted by Crippen LogP contribution is -2.36. The smallest absolute Gasteiger partial charge is 0.311 e. The third kappa shape index (κ3) is 11.8. The highest BCUT2D eigenvalue weighted by molar-refractivity contribution is 5.79. The normalized spacial score (nSPS) is 18.1. The van der Waals surface area contributed by atoms with Gasteiger partial charge in [-0.1, -0.05) is 72.6 Å². The molecule has 0 bridgehead atoms. The summed E-state index contributed by atoms with van der Waals surface area (Å²) >= 11 is 0. The van der Waals surface area contributed by atoms with Gasteiger partial charge < -0.3 is 19.3 Å². The van der Waals surface area contributed by atoms with Crippen molar-refractivity contribution in [1.82, 2.24) is 0 Å². The molecule has 1 aliphatic rings. The molecule has 228 valence electrons. The minimum absolute atomic E-state index is 0.0624. The monoisotopic (exact) mass is 560 g/mol. The van der Waals surface area contributed by atoms with E-state index in [2.05, 4.69) is 34.6 Å². The molecule has 0 amide bonds. The van der Waals surface area contributed by atoms with Gasteiger partial charge in [0, 0.05) is 0 Å². The van der Waals surface area contributed by atoms with Crippen LogP contribution in [0.4, 0.5) is 0 Å². The van der Waals surface area contributed by atoms with Crippen molar-refractivity contribution in [3.8, 4) is 11.5 Å². The molecule has 0 aromatic heterocycles. The van der Waals surface area contributed by atoms with E-state index in [0.29, 0.717) is 5.75 Å². The Morgan fingerprint density at radius 1 is 0.925 bits per heavy atom. The molecule has 6 nitrogen and oxygen atoms in total. The van der Waals surface area contributed by atoms with E-state index in [0.717, 1.165) is 59.5 Å². The van der Waals surface area contributed by atoms with E-state index in [-0.39, 0.29) is 31.7 Å². The summed E-state index contributed by atoms with van der Waals surface area (Å²) in [5.41, 5.74) is 2.78. The molecule has 1 aliphatic heterocycles. The first kappa shape index (κ1) is 34.1. The maximum absolute atomic E-state index is 12.4. The number of benzene rings is 1. The first-order chi connectivity index (χ1) is 18.9.